The Morgan fingerprint density at radius 2 is 1.95 bits per heavy atom. The van der Waals surface area contributed by atoms with Gasteiger partial charge in [-0.2, -0.15) is 0 Å². The number of halogens is 3. The highest BCUT2D eigenvalue weighted by Gasteiger charge is 2.20. The van der Waals surface area contributed by atoms with Crippen molar-refractivity contribution in [2.75, 3.05) is 17.1 Å². The lowest BCUT2D eigenvalue weighted by molar-refractivity contribution is 0.598. The van der Waals surface area contributed by atoms with Crippen molar-refractivity contribution in [3.8, 4) is 0 Å². The number of aromatic nitrogens is 1. The molecule has 0 saturated carbocycles. The molecule has 1 aromatic carbocycles. The van der Waals surface area contributed by atoms with Crippen LogP contribution in [0.1, 0.15) is 0 Å². The molecule has 0 fully saturated rings. The van der Waals surface area contributed by atoms with Crippen molar-refractivity contribution >= 4 is 44.7 Å². The Labute approximate surface area is 131 Å². The molecule has 9 heteroatoms. The Morgan fingerprint density at radius 1 is 1.24 bits per heavy atom. The fourth-order valence-electron chi connectivity index (χ4n) is 1.54. The van der Waals surface area contributed by atoms with E-state index in [4.69, 9.17) is 23.2 Å². The van der Waals surface area contributed by atoms with E-state index < -0.39 is 15.8 Å². The first-order chi connectivity index (χ1) is 9.85. The number of nitrogens with one attached hydrogen (secondary N) is 2. The van der Waals surface area contributed by atoms with Gasteiger partial charge < -0.3 is 5.32 Å². The predicted molar refractivity (Wildman–Crippen MR) is 81.0 cm³/mol. The summed E-state index contributed by atoms with van der Waals surface area (Å²) in [6, 6.07) is 5.05. The highest BCUT2D eigenvalue weighted by molar-refractivity contribution is 7.92. The Morgan fingerprint density at radius 3 is 2.52 bits per heavy atom. The molecular formula is C12H10Cl2FN3O2S. The minimum Gasteiger partial charge on any atom is -0.372 e. The Balaban J connectivity index is 2.41. The third kappa shape index (κ3) is 3.37. The molecule has 0 saturated heterocycles. The largest absolute Gasteiger partial charge is 0.372 e. The average Bonchev–Trinajstić information content (AvgIpc) is 2.43. The molecule has 1 heterocycles. The van der Waals surface area contributed by atoms with Gasteiger partial charge >= 0.3 is 0 Å². The summed E-state index contributed by atoms with van der Waals surface area (Å²) in [5, 5.41) is 2.78. The van der Waals surface area contributed by atoms with Crippen LogP contribution in [0.25, 0.3) is 0 Å². The maximum Gasteiger partial charge on any atom is 0.263 e. The van der Waals surface area contributed by atoms with Crippen LogP contribution < -0.4 is 10.0 Å². The van der Waals surface area contributed by atoms with Crippen molar-refractivity contribution < 1.29 is 12.8 Å². The SMILES string of the molecule is CNc1ncc(S(=O)(=O)Nc2c(F)cccc2Cl)cc1Cl. The normalized spacial score (nSPS) is 11.2. The zero-order valence-electron chi connectivity index (χ0n) is 10.7. The van der Waals surface area contributed by atoms with E-state index in [-0.39, 0.29) is 20.6 Å². The number of para-hydroxylation sites is 1. The number of pyridine rings is 1. The van der Waals surface area contributed by atoms with E-state index in [0.717, 1.165) is 12.3 Å². The zero-order chi connectivity index (χ0) is 15.6. The summed E-state index contributed by atoms with van der Waals surface area (Å²) in [5.74, 6) is -0.448. The van der Waals surface area contributed by atoms with Crippen LogP contribution in [0, 0.1) is 5.82 Å². The van der Waals surface area contributed by atoms with Crippen molar-refractivity contribution in [1.82, 2.24) is 4.98 Å². The van der Waals surface area contributed by atoms with Crippen LogP contribution in [-0.4, -0.2) is 20.4 Å². The standard InChI is InChI=1S/C12H10Cl2FN3O2S/c1-16-12-9(14)5-7(6-17-12)21(19,20)18-11-8(13)3-2-4-10(11)15/h2-6,18H,1H3,(H,16,17). The molecule has 0 radical (unpaired) electrons. The molecular weight excluding hydrogens is 340 g/mol. The van der Waals surface area contributed by atoms with Crippen LogP contribution in [0.15, 0.2) is 35.4 Å². The van der Waals surface area contributed by atoms with Crippen LogP contribution in [-0.2, 0) is 10.0 Å². The van der Waals surface area contributed by atoms with Crippen molar-refractivity contribution in [1.29, 1.82) is 0 Å². The number of nitrogens with zero attached hydrogens (tertiary/aromatic N) is 1. The van der Waals surface area contributed by atoms with Gasteiger partial charge in [0.05, 0.1) is 10.0 Å². The second-order valence-electron chi connectivity index (χ2n) is 3.95. The molecule has 0 bridgehead atoms. The quantitative estimate of drug-likeness (QED) is 0.887. The smallest absolute Gasteiger partial charge is 0.263 e. The number of benzene rings is 1. The molecule has 2 aromatic rings. The fourth-order valence-corrected chi connectivity index (χ4v) is 3.19. The first kappa shape index (κ1) is 15.8. The van der Waals surface area contributed by atoms with Gasteiger partial charge in [-0.3, -0.25) is 4.72 Å². The van der Waals surface area contributed by atoms with Crippen molar-refractivity contribution in [2.24, 2.45) is 0 Å². The molecule has 5 nitrogen and oxygen atoms in total. The number of sulfonamides is 1. The highest BCUT2D eigenvalue weighted by atomic mass is 35.5. The molecule has 21 heavy (non-hydrogen) atoms. The summed E-state index contributed by atoms with van der Waals surface area (Å²) < 4.78 is 40.1. The number of hydrogen-bond acceptors (Lipinski definition) is 4. The lowest BCUT2D eigenvalue weighted by atomic mass is 10.3. The van der Waals surface area contributed by atoms with Gasteiger partial charge in [0, 0.05) is 13.2 Å². The van der Waals surface area contributed by atoms with E-state index >= 15 is 0 Å². The van der Waals surface area contributed by atoms with Gasteiger partial charge in [0.2, 0.25) is 0 Å². The molecule has 2 rings (SSSR count). The summed E-state index contributed by atoms with van der Waals surface area (Å²) in [6.07, 6.45) is 1.11. The van der Waals surface area contributed by atoms with Gasteiger partial charge in [0.1, 0.15) is 22.2 Å². The molecule has 2 N–H and O–H groups in total. The van der Waals surface area contributed by atoms with Gasteiger partial charge in [0.15, 0.2) is 0 Å². The van der Waals surface area contributed by atoms with Gasteiger partial charge in [-0.1, -0.05) is 29.3 Å². The maximum absolute atomic E-state index is 13.6. The van der Waals surface area contributed by atoms with Gasteiger partial charge in [-0.25, -0.2) is 17.8 Å². The molecule has 0 amide bonds. The van der Waals surface area contributed by atoms with Crippen LogP contribution in [0.3, 0.4) is 0 Å². The van der Waals surface area contributed by atoms with Gasteiger partial charge in [0.25, 0.3) is 10.0 Å². The molecule has 0 spiro atoms. The Kier molecular flexibility index (Phi) is 4.55. The summed E-state index contributed by atoms with van der Waals surface area (Å²) in [4.78, 5) is 3.66. The van der Waals surface area contributed by atoms with E-state index in [1.807, 2.05) is 0 Å². The van der Waals surface area contributed by atoms with E-state index in [1.54, 1.807) is 7.05 Å². The second kappa shape index (κ2) is 6.05. The van der Waals surface area contributed by atoms with E-state index in [9.17, 15) is 12.8 Å². The second-order valence-corrected chi connectivity index (χ2v) is 6.45. The van der Waals surface area contributed by atoms with Crippen LogP contribution >= 0.6 is 23.2 Å². The molecule has 0 aliphatic rings. The van der Waals surface area contributed by atoms with Crippen molar-refractivity contribution in [3.05, 3.63) is 46.3 Å². The Bertz CT molecular complexity index is 764. The molecule has 1 aromatic heterocycles. The van der Waals surface area contributed by atoms with Crippen LogP contribution in [0.4, 0.5) is 15.9 Å². The number of hydrogen-bond donors (Lipinski definition) is 2. The minimum absolute atomic E-state index is 0.0514. The topological polar surface area (TPSA) is 71.1 Å². The minimum atomic E-state index is -4.05. The first-order valence-corrected chi connectivity index (χ1v) is 7.89. The summed E-state index contributed by atoms with van der Waals surface area (Å²) in [6.45, 7) is 0. The number of rotatable bonds is 4. The van der Waals surface area contributed by atoms with E-state index in [2.05, 4.69) is 15.0 Å². The summed E-state index contributed by atoms with van der Waals surface area (Å²) >= 11 is 11.7. The third-order valence-electron chi connectivity index (χ3n) is 2.56. The fraction of sp³-hybridized carbons (Fsp3) is 0.0833. The average molecular weight is 350 g/mol. The molecule has 0 aliphatic heterocycles. The maximum atomic E-state index is 13.6. The van der Waals surface area contributed by atoms with Gasteiger partial charge in [-0.05, 0) is 18.2 Å². The van der Waals surface area contributed by atoms with Gasteiger partial charge in [-0.15, -0.1) is 0 Å². The number of anilines is 2. The molecule has 112 valence electrons. The van der Waals surface area contributed by atoms with Crippen LogP contribution in [0.5, 0.6) is 0 Å². The van der Waals surface area contributed by atoms with E-state index in [0.29, 0.717) is 5.82 Å². The highest BCUT2D eigenvalue weighted by Crippen LogP contribution is 2.28. The predicted octanol–water partition coefficient (Wildman–Crippen LogP) is 3.37. The lowest BCUT2D eigenvalue weighted by Crippen LogP contribution is -2.15. The summed E-state index contributed by atoms with van der Waals surface area (Å²) in [5.41, 5.74) is -0.326. The third-order valence-corrected chi connectivity index (χ3v) is 4.48. The zero-order valence-corrected chi connectivity index (χ0v) is 13.0. The first-order valence-electron chi connectivity index (χ1n) is 5.65. The van der Waals surface area contributed by atoms with Crippen molar-refractivity contribution in [2.45, 2.75) is 4.90 Å². The Hall–Kier alpha value is -1.57. The van der Waals surface area contributed by atoms with E-state index in [1.165, 1.54) is 18.2 Å². The van der Waals surface area contributed by atoms with Crippen molar-refractivity contribution in [3.63, 3.8) is 0 Å². The molecule has 0 unspecified atom stereocenters. The monoisotopic (exact) mass is 349 g/mol. The lowest BCUT2D eigenvalue weighted by Gasteiger charge is -2.11. The van der Waals surface area contributed by atoms with Crippen LogP contribution in [0.2, 0.25) is 10.0 Å². The summed E-state index contributed by atoms with van der Waals surface area (Å²) in [7, 11) is -2.46. The molecule has 0 aliphatic carbocycles. The molecule has 0 atom stereocenters.